The van der Waals surface area contributed by atoms with Crippen LogP contribution in [0.2, 0.25) is 0 Å². The fraction of sp³-hybridized carbons (Fsp3) is 0.400. The molecule has 0 saturated carbocycles. The van der Waals surface area contributed by atoms with Crippen molar-refractivity contribution in [1.29, 1.82) is 0 Å². The molecule has 1 rings (SSSR count). The molecule has 5 heteroatoms. The lowest BCUT2D eigenvalue weighted by Crippen LogP contribution is -2.31. The highest BCUT2D eigenvalue weighted by Crippen LogP contribution is 2.24. The lowest BCUT2D eigenvalue weighted by atomic mass is 10.1. The maximum Gasteiger partial charge on any atom is 0.253 e. The minimum absolute atomic E-state index is 0.0975. The standard InChI is InChI=1S/C10H12BrF2NO/c1-15-9-3-2-7(11)4-6(9)5-8(14)10(12)13/h2-4,8,10H,5,14H2,1H3. The van der Waals surface area contributed by atoms with Gasteiger partial charge in [0, 0.05) is 4.47 Å². The Morgan fingerprint density at radius 2 is 2.13 bits per heavy atom. The van der Waals surface area contributed by atoms with Crippen molar-refractivity contribution in [2.75, 3.05) is 7.11 Å². The smallest absolute Gasteiger partial charge is 0.253 e. The zero-order valence-electron chi connectivity index (χ0n) is 8.21. The van der Waals surface area contributed by atoms with Crippen LogP contribution < -0.4 is 10.5 Å². The van der Waals surface area contributed by atoms with Crippen molar-refractivity contribution in [3.63, 3.8) is 0 Å². The van der Waals surface area contributed by atoms with E-state index in [9.17, 15) is 8.78 Å². The molecule has 2 N–H and O–H groups in total. The van der Waals surface area contributed by atoms with Gasteiger partial charge in [-0.2, -0.15) is 0 Å². The summed E-state index contributed by atoms with van der Waals surface area (Å²) < 4.78 is 30.4. The normalized spacial score (nSPS) is 12.9. The Bertz CT molecular complexity index is 333. The van der Waals surface area contributed by atoms with Crippen LogP contribution in [0.15, 0.2) is 22.7 Å². The average molecular weight is 280 g/mol. The lowest BCUT2D eigenvalue weighted by Gasteiger charge is -2.13. The fourth-order valence-electron chi connectivity index (χ4n) is 1.25. The van der Waals surface area contributed by atoms with E-state index in [-0.39, 0.29) is 6.42 Å². The molecular weight excluding hydrogens is 268 g/mol. The van der Waals surface area contributed by atoms with Gasteiger partial charge in [-0.3, -0.25) is 0 Å². The van der Waals surface area contributed by atoms with Crippen molar-refractivity contribution in [3.05, 3.63) is 28.2 Å². The number of rotatable bonds is 4. The number of alkyl halides is 2. The molecule has 1 aromatic carbocycles. The van der Waals surface area contributed by atoms with Gasteiger partial charge in [0.2, 0.25) is 0 Å². The van der Waals surface area contributed by atoms with Gasteiger partial charge in [0.05, 0.1) is 13.2 Å². The highest BCUT2D eigenvalue weighted by atomic mass is 79.9. The van der Waals surface area contributed by atoms with Crippen LogP contribution in [0.5, 0.6) is 5.75 Å². The zero-order chi connectivity index (χ0) is 11.4. The molecule has 1 unspecified atom stereocenters. The van der Waals surface area contributed by atoms with Crippen LogP contribution >= 0.6 is 15.9 Å². The zero-order valence-corrected chi connectivity index (χ0v) is 9.80. The van der Waals surface area contributed by atoms with Gasteiger partial charge in [0.25, 0.3) is 6.43 Å². The van der Waals surface area contributed by atoms with Gasteiger partial charge in [-0.25, -0.2) is 8.78 Å². The number of hydrogen-bond donors (Lipinski definition) is 1. The number of hydrogen-bond acceptors (Lipinski definition) is 2. The minimum Gasteiger partial charge on any atom is -0.496 e. The van der Waals surface area contributed by atoms with E-state index in [1.807, 2.05) is 0 Å². The SMILES string of the molecule is COc1ccc(Br)cc1CC(N)C(F)F. The third-order valence-electron chi connectivity index (χ3n) is 2.02. The van der Waals surface area contributed by atoms with Gasteiger partial charge in [0.15, 0.2) is 0 Å². The Morgan fingerprint density at radius 1 is 1.47 bits per heavy atom. The second-order valence-electron chi connectivity index (χ2n) is 3.16. The summed E-state index contributed by atoms with van der Waals surface area (Å²) in [5, 5.41) is 0. The minimum atomic E-state index is -2.52. The number of nitrogens with two attached hydrogens (primary N) is 1. The van der Waals surface area contributed by atoms with Crippen molar-refractivity contribution in [3.8, 4) is 5.75 Å². The Balaban J connectivity index is 2.87. The molecule has 0 fully saturated rings. The highest BCUT2D eigenvalue weighted by molar-refractivity contribution is 9.10. The van der Waals surface area contributed by atoms with E-state index >= 15 is 0 Å². The van der Waals surface area contributed by atoms with Crippen molar-refractivity contribution in [2.45, 2.75) is 18.9 Å². The number of benzene rings is 1. The molecule has 0 saturated heterocycles. The Morgan fingerprint density at radius 3 is 2.67 bits per heavy atom. The largest absolute Gasteiger partial charge is 0.496 e. The second kappa shape index (κ2) is 5.42. The molecular formula is C10H12BrF2NO. The molecule has 0 amide bonds. The third kappa shape index (κ3) is 3.43. The number of methoxy groups -OCH3 is 1. The maximum atomic E-state index is 12.3. The van der Waals surface area contributed by atoms with Gasteiger partial charge in [-0.15, -0.1) is 0 Å². The van der Waals surface area contributed by atoms with E-state index in [4.69, 9.17) is 10.5 Å². The third-order valence-corrected chi connectivity index (χ3v) is 2.51. The van der Waals surface area contributed by atoms with Crippen LogP contribution in [0.4, 0.5) is 8.78 Å². The molecule has 1 atom stereocenters. The predicted molar refractivity (Wildman–Crippen MR) is 58.4 cm³/mol. The van der Waals surface area contributed by atoms with E-state index in [2.05, 4.69) is 15.9 Å². The molecule has 0 aliphatic rings. The first-order valence-electron chi connectivity index (χ1n) is 4.40. The van der Waals surface area contributed by atoms with Gasteiger partial charge in [-0.05, 0) is 30.2 Å². The fourth-order valence-corrected chi connectivity index (χ4v) is 1.66. The van der Waals surface area contributed by atoms with Crippen molar-refractivity contribution >= 4 is 15.9 Å². The van der Waals surface area contributed by atoms with Gasteiger partial charge < -0.3 is 10.5 Å². The molecule has 0 radical (unpaired) electrons. The molecule has 0 aliphatic carbocycles. The number of halogens is 3. The monoisotopic (exact) mass is 279 g/mol. The van der Waals surface area contributed by atoms with E-state index in [0.717, 1.165) is 4.47 Å². The topological polar surface area (TPSA) is 35.2 Å². The van der Waals surface area contributed by atoms with Crippen LogP contribution in [0, 0.1) is 0 Å². The van der Waals surface area contributed by atoms with Gasteiger partial charge in [-0.1, -0.05) is 15.9 Å². The second-order valence-corrected chi connectivity index (χ2v) is 4.07. The van der Waals surface area contributed by atoms with E-state index in [0.29, 0.717) is 11.3 Å². The summed E-state index contributed by atoms with van der Waals surface area (Å²) in [4.78, 5) is 0. The first kappa shape index (κ1) is 12.4. The summed E-state index contributed by atoms with van der Waals surface area (Å²) in [6.07, 6.45) is -2.42. The molecule has 1 aromatic rings. The highest BCUT2D eigenvalue weighted by Gasteiger charge is 2.17. The Labute approximate surface area is 95.5 Å². The molecule has 2 nitrogen and oxygen atoms in total. The summed E-state index contributed by atoms with van der Waals surface area (Å²) in [6.45, 7) is 0. The van der Waals surface area contributed by atoms with Crippen molar-refractivity contribution < 1.29 is 13.5 Å². The first-order valence-corrected chi connectivity index (χ1v) is 5.20. The number of ether oxygens (including phenoxy) is 1. The van der Waals surface area contributed by atoms with Crippen LogP contribution in [-0.4, -0.2) is 19.6 Å². The summed E-state index contributed by atoms with van der Waals surface area (Å²) in [5.41, 5.74) is 5.98. The van der Waals surface area contributed by atoms with Crippen LogP contribution in [0.25, 0.3) is 0 Å². The summed E-state index contributed by atoms with van der Waals surface area (Å²) in [7, 11) is 1.50. The molecule has 0 heterocycles. The van der Waals surface area contributed by atoms with Crippen molar-refractivity contribution in [1.82, 2.24) is 0 Å². The van der Waals surface area contributed by atoms with E-state index in [1.165, 1.54) is 7.11 Å². The Hall–Kier alpha value is -0.680. The summed E-state index contributed by atoms with van der Waals surface area (Å²) in [5.74, 6) is 0.578. The van der Waals surface area contributed by atoms with Crippen molar-refractivity contribution in [2.24, 2.45) is 5.73 Å². The molecule has 0 aromatic heterocycles. The molecule has 0 bridgehead atoms. The molecule has 84 valence electrons. The van der Waals surface area contributed by atoms with Gasteiger partial charge in [0.1, 0.15) is 5.75 Å². The molecule has 15 heavy (non-hydrogen) atoms. The van der Waals surface area contributed by atoms with Crippen LogP contribution in [0.3, 0.4) is 0 Å². The summed E-state index contributed by atoms with van der Waals surface area (Å²) in [6, 6.07) is 4.09. The van der Waals surface area contributed by atoms with Crippen LogP contribution in [0.1, 0.15) is 5.56 Å². The summed E-state index contributed by atoms with van der Waals surface area (Å²) >= 11 is 3.27. The first-order chi connectivity index (χ1) is 7.04. The Kier molecular flexibility index (Phi) is 4.47. The molecule has 0 aliphatic heterocycles. The van der Waals surface area contributed by atoms with Crippen LogP contribution in [-0.2, 0) is 6.42 Å². The lowest BCUT2D eigenvalue weighted by molar-refractivity contribution is 0.115. The van der Waals surface area contributed by atoms with E-state index in [1.54, 1.807) is 18.2 Å². The average Bonchev–Trinajstić information content (AvgIpc) is 2.18. The predicted octanol–water partition coefficient (Wildman–Crippen LogP) is 2.59. The maximum absolute atomic E-state index is 12.3. The quantitative estimate of drug-likeness (QED) is 0.920. The molecule has 0 spiro atoms. The van der Waals surface area contributed by atoms with E-state index < -0.39 is 12.5 Å². The van der Waals surface area contributed by atoms with Gasteiger partial charge >= 0.3 is 0 Å².